The minimum atomic E-state index is -0.832. The fourth-order valence-corrected chi connectivity index (χ4v) is 2.32. The van der Waals surface area contributed by atoms with Crippen molar-refractivity contribution >= 4 is 17.4 Å². The highest BCUT2D eigenvalue weighted by molar-refractivity contribution is 7.99. The highest BCUT2D eigenvalue weighted by Crippen LogP contribution is 2.37. The van der Waals surface area contributed by atoms with Crippen LogP contribution >= 0.6 is 11.8 Å². The van der Waals surface area contributed by atoms with Crippen molar-refractivity contribution < 1.29 is 13.7 Å². The number of nitro benzene ring substituents is 1. The van der Waals surface area contributed by atoms with Crippen molar-refractivity contribution in [3.05, 3.63) is 52.2 Å². The normalized spacial score (nSPS) is 10.5. The van der Waals surface area contributed by atoms with E-state index in [-0.39, 0.29) is 4.90 Å². The molecule has 2 rings (SSSR count). The van der Waals surface area contributed by atoms with E-state index in [2.05, 4.69) is 0 Å². The summed E-state index contributed by atoms with van der Waals surface area (Å²) in [6.45, 7) is 1.74. The molecule has 6 heteroatoms. The maximum absolute atomic E-state index is 13.4. The van der Waals surface area contributed by atoms with E-state index < -0.39 is 16.4 Å². The molecular weight excluding hydrogens is 245 g/mol. The van der Waals surface area contributed by atoms with Crippen molar-refractivity contribution in [1.82, 2.24) is 0 Å². The van der Waals surface area contributed by atoms with E-state index in [1.165, 1.54) is 18.4 Å². The molecule has 0 aliphatic carbocycles. The molecule has 0 saturated heterocycles. The first kappa shape index (κ1) is 11.7. The zero-order valence-electron chi connectivity index (χ0n) is 8.84. The van der Waals surface area contributed by atoms with E-state index in [9.17, 15) is 14.5 Å². The van der Waals surface area contributed by atoms with E-state index in [0.717, 1.165) is 22.7 Å². The standard InChI is InChI=1S/C11H8FNO3S/c1-7-9(5-6-16-7)17-10-4-2-3-8(12)11(10)13(14)15/h2-6H,1H3. The molecule has 1 heterocycles. The number of nitrogens with zero attached hydrogens (tertiary/aromatic N) is 1. The van der Waals surface area contributed by atoms with Crippen LogP contribution in [0.15, 0.2) is 44.7 Å². The van der Waals surface area contributed by atoms with Gasteiger partial charge in [0.25, 0.3) is 0 Å². The van der Waals surface area contributed by atoms with Crippen molar-refractivity contribution in [1.29, 1.82) is 0 Å². The van der Waals surface area contributed by atoms with Gasteiger partial charge in [0.2, 0.25) is 5.82 Å². The minimum Gasteiger partial charge on any atom is -0.468 e. The van der Waals surface area contributed by atoms with Crippen LogP contribution in [0.3, 0.4) is 0 Å². The number of hydrogen-bond acceptors (Lipinski definition) is 4. The Morgan fingerprint density at radius 1 is 1.35 bits per heavy atom. The second-order valence-electron chi connectivity index (χ2n) is 3.29. The van der Waals surface area contributed by atoms with Crippen LogP contribution in [0, 0.1) is 22.9 Å². The topological polar surface area (TPSA) is 56.3 Å². The summed E-state index contributed by atoms with van der Waals surface area (Å²) in [5.41, 5.74) is -0.502. The molecule has 0 aliphatic heterocycles. The van der Waals surface area contributed by atoms with Gasteiger partial charge in [0, 0.05) is 0 Å². The van der Waals surface area contributed by atoms with Gasteiger partial charge in [-0.25, -0.2) is 0 Å². The van der Waals surface area contributed by atoms with Gasteiger partial charge < -0.3 is 4.42 Å². The fraction of sp³-hybridized carbons (Fsp3) is 0.0909. The Labute approximate surface area is 101 Å². The molecule has 17 heavy (non-hydrogen) atoms. The first-order chi connectivity index (χ1) is 8.09. The van der Waals surface area contributed by atoms with E-state index >= 15 is 0 Å². The van der Waals surface area contributed by atoms with Gasteiger partial charge in [-0.2, -0.15) is 4.39 Å². The molecule has 4 nitrogen and oxygen atoms in total. The third-order valence-corrected chi connectivity index (χ3v) is 3.36. The quantitative estimate of drug-likeness (QED) is 0.617. The number of nitro groups is 1. The van der Waals surface area contributed by atoms with Gasteiger partial charge in [-0.15, -0.1) is 0 Å². The highest BCUT2D eigenvalue weighted by Gasteiger charge is 2.21. The third-order valence-electron chi connectivity index (χ3n) is 2.16. The Morgan fingerprint density at radius 2 is 2.12 bits per heavy atom. The van der Waals surface area contributed by atoms with Crippen LogP contribution in [-0.2, 0) is 0 Å². The maximum atomic E-state index is 13.4. The Kier molecular flexibility index (Phi) is 3.14. The van der Waals surface area contributed by atoms with Crippen molar-refractivity contribution in [2.24, 2.45) is 0 Å². The van der Waals surface area contributed by atoms with E-state index in [1.54, 1.807) is 13.0 Å². The van der Waals surface area contributed by atoms with E-state index in [4.69, 9.17) is 4.42 Å². The molecule has 0 amide bonds. The summed E-state index contributed by atoms with van der Waals surface area (Å²) in [6.07, 6.45) is 1.49. The first-order valence-electron chi connectivity index (χ1n) is 4.74. The molecule has 0 spiro atoms. The monoisotopic (exact) mass is 253 g/mol. The first-order valence-corrected chi connectivity index (χ1v) is 5.56. The minimum absolute atomic E-state index is 0.263. The van der Waals surface area contributed by atoms with Crippen LogP contribution in [0.2, 0.25) is 0 Å². The lowest BCUT2D eigenvalue weighted by Crippen LogP contribution is -1.94. The number of aryl methyl sites for hydroxylation is 1. The SMILES string of the molecule is Cc1occc1Sc1cccc(F)c1[N+](=O)[O-]. The summed E-state index contributed by atoms with van der Waals surface area (Å²) < 4.78 is 18.4. The Balaban J connectivity index is 2.43. The Bertz CT molecular complexity index is 568. The predicted octanol–water partition coefficient (Wildman–Crippen LogP) is 3.79. The smallest absolute Gasteiger partial charge is 0.318 e. The molecule has 0 saturated carbocycles. The number of furan rings is 1. The Hall–Kier alpha value is -1.82. The molecule has 88 valence electrons. The van der Waals surface area contributed by atoms with Crippen LogP contribution in [0.1, 0.15) is 5.76 Å². The number of benzene rings is 1. The van der Waals surface area contributed by atoms with Gasteiger partial charge >= 0.3 is 5.69 Å². The lowest BCUT2D eigenvalue weighted by atomic mass is 10.3. The lowest BCUT2D eigenvalue weighted by Gasteiger charge is -2.02. The summed E-state index contributed by atoms with van der Waals surface area (Å²) >= 11 is 1.11. The molecule has 0 unspecified atom stereocenters. The number of rotatable bonds is 3. The molecule has 0 atom stereocenters. The number of hydrogen-bond donors (Lipinski definition) is 0. The molecule has 0 fully saturated rings. The summed E-state index contributed by atoms with van der Waals surface area (Å²) in [7, 11) is 0. The van der Waals surface area contributed by atoms with Gasteiger partial charge in [0.1, 0.15) is 5.76 Å². The molecule has 0 aliphatic rings. The molecule has 0 N–H and O–H groups in total. The second kappa shape index (κ2) is 4.58. The van der Waals surface area contributed by atoms with Gasteiger partial charge in [-0.3, -0.25) is 10.1 Å². The van der Waals surface area contributed by atoms with Gasteiger partial charge in [-0.05, 0) is 25.1 Å². The molecule has 0 radical (unpaired) electrons. The predicted molar refractivity (Wildman–Crippen MR) is 60.6 cm³/mol. The van der Waals surface area contributed by atoms with Crippen LogP contribution in [0.5, 0.6) is 0 Å². The van der Waals surface area contributed by atoms with Crippen LogP contribution < -0.4 is 0 Å². The highest BCUT2D eigenvalue weighted by atomic mass is 32.2. The van der Waals surface area contributed by atoms with Gasteiger partial charge in [-0.1, -0.05) is 17.8 Å². The molecule has 1 aromatic carbocycles. The van der Waals surface area contributed by atoms with Gasteiger partial charge in [0.05, 0.1) is 21.0 Å². The summed E-state index contributed by atoms with van der Waals surface area (Å²) in [5, 5.41) is 10.8. The summed E-state index contributed by atoms with van der Waals surface area (Å²) in [5.74, 6) is -0.185. The zero-order valence-corrected chi connectivity index (χ0v) is 9.66. The van der Waals surface area contributed by atoms with Crippen LogP contribution in [-0.4, -0.2) is 4.92 Å². The number of halogens is 1. The van der Waals surface area contributed by atoms with Crippen molar-refractivity contribution in [2.45, 2.75) is 16.7 Å². The van der Waals surface area contributed by atoms with Crippen LogP contribution in [0.4, 0.5) is 10.1 Å². The van der Waals surface area contributed by atoms with Crippen molar-refractivity contribution in [3.8, 4) is 0 Å². The fourth-order valence-electron chi connectivity index (χ4n) is 1.35. The van der Waals surface area contributed by atoms with Crippen molar-refractivity contribution in [3.63, 3.8) is 0 Å². The van der Waals surface area contributed by atoms with Crippen molar-refractivity contribution in [2.75, 3.05) is 0 Å². The summed E-state index contributed by atoms with van der Waals surface area (Å²) in [6, 6.07) is 5.72. The zero-order chi connectivity index (χ0) is 12.4. The number of para-hydroxylation sites is 1. The lowest BCUT2D eigenvalue weighted by molar-refractivity contribution is -0.390. The largest absolute Gasteiger partial charge is 0.468 e. The second-order valence-corrected chi connectivity index (χ2v) is 4.37. The molecule has 1 aromatic heterocycles. The van der Waals surface area contributed by atoms with Crippen LogP contribution in [0.25, 0.3) is 0 Å². The molecule has 2 aromatic rings. The summed E-state index contributed by atoms with van der Waals surface area (Å²) in [4.78, 5) is 11.1. The Morgan fingerprint density at radius 3 is 2.71 bits per heavy atom. The third kappa shape index (κ3) is 2.31. The maximum Gasteiger partial charge on any atom is 0.318 e. The van der Waals surface area contributed by atoms with E-state index in [1.807, 2.05) is 0 Å². The average Bonchev–Trinajstić information content (AvgIpc) is 2.64. The average molecular weight is 253 g/mol. The molecular formula is C11H8FNO3S. The van der Waals surface area contributed by atoms with E-state index in [0.29, 0.717) is 5.76 Å². The van der Waals surface area contributed by atoms with Gasteiger partial charge in [0.15, 0.2) is 0 Å². The molecule has 0 bridgehead atoms.